The molecule has 0 radical (unpaired) electrons. The lowest BCUT2D eigenvalue weighted by Crippen LogP contribution is -2.64. The van der Waals surface area contributed by atoms with Crippen molar-refractivity contribution in [3.63, 3.8) is 0 Å². The number of nitrogens with one attached hydrogen (secondary N) is 2. The number of hydrogen-bond donors (Lipinski definition) is 2. The van der Waals surface area contributed by atoms with Crippen molar-refractivity contribution >= 4 is 29.1 Å². The van der Waals surface area contributed by atoms with Crippen LogP contribution in [0.4, 0.5) is 11.4 Å². The summed E-state index contributed by atoms with van der Waals surface area (Å²) in [5, 5.41) is 10.1. The minimum absolute atomic E-state index is 0.184. The fraction of sp³-hybridized carbons (Fsp3) is 0.280. The van der Waals surface area contributed by atoms with Crippen LogP contribution < -0.4 is 15.5 Å². The maximum Gasteiger partial charge on any atom is 0.277 e. The topological polar surface area (TPSA) is 96.3 Å². The Morgan fingerprint density at radius 1 is 1.06 bits per heavy atom. The summed E-state index contributed by atoms with van der Waals surface area (Å²) in [6.45, 7) is 7.58. The Labute approximate surface area is 192 Å². The van der Waals surface area contributed by atoms with Crippen molar-refractivity contribution < 1.29 is 14.4 Å². The molecule has 2 aromatic carbocycles. The summed E-state index contributed by atoms with van der Waals surface area (Å²) in [4.78, 5) is 39.9. The van der Waals surface area contributed by atoms with Gasteiger partial charge in [-0.05, 0) is 56.7 Å². The van der Waals surface area contributed by atoms with E-state index in [1.165, 1.54) is 11.8 Å². The fourth-order valence-electron chi connectivity index (χ4n) is 4.09. The molecule has 0 saturated carbocycles. The molecule has 0 spiro atoms. The number of rotatable bonds is 5. The molecule has 1 aliphatic rings. The first-order chi connectivity index (χ1) is 15.7. The highest BCUT2D eigenvalue weighted by Gasteiger charge is 2.48. The number of aryl methyl sites for hydroxylation is 2. The molecule has 3 aromatic rings. The molecule has 0 aliphatic carbocycles. The average molecular weight is 446 g/mol. The van der Waals surface area contributed by atoms with Crippen LogP contribution in [0.2, 0.25) is 0 Å². The van der Waals surface area contributed by atoms with Crippen LogP contribution in [-0.4, -0.2) is 33.0 Å². The van der Waals surface area contributed by atoms with Crippen molar-refractivity contribution in [1.29, 1.82) is 0 Å². The van der Waals surface area contributed by atoms with E-state index in [1.54, 1.807) is 41.9 Å². The van der Waals surface area contributed by atoms with Gasteiger partial charge in [-0.1, -0.05) is 29.8 Å². The summed E-state index contributed by atoms with van der Waals surface area (Å²) >= 11 is 0. The molecule has 1 atom stereocenters. The highest BCUT2D eigenvalue weighted by Crippen LogP contribution is 2.33. The Kier molecular flexibility index (Phi) is 5.76. The molecule has 0 saturated heterocycles. The second-order valence-corrected chi connectivity index (χ2v) is 8.64. The number of fused-ring (bicyclic) bond motifs is 1. The lowest BCUT2D eigenvalue weighted by atomic mass is 9.93. The van der Waals surface area contributed by atoms with Gasteiger partial charge in [0.1, 0.15) is 11.2 Å². The van der Waals surface area contributed by atoms with Crippen LogP contribution in [-0.2, 0) is 22.7 Å². The number of amides is 3. The lowest BCUT2D eigenvalue weighted by molar-refractivity contribution is -0.126. The normalized spacial score (nSPS) is 17.5. The molecular weight excluding hydrogens is 418 g/mol. The molecule has 8 nitrogen and oxygen atoms in total. The van der Waals surface area contributed by atoms with Gasteiger partial charge in [0, 0.05) is 24.8 Å². The number of benzene rings is 2. The van der Waals surface area contributed by atoms with Gasteiger partial charge in [0.15, 0.2) is 0 Å². The maximum absolute atomic E-state index is 13.5. The molecular formula is C25H27N5O3. The standard InChI is InChI=1S/C25H27N5O3/c1-16-5-7-19(8-6-16)14-26-24(33)25(4)15-29-22(13-17(2)28-29)23(32)30(25)21-11-9-20(10-12-21)27-18(3)31/h5-13H,14-15H2,1-4H3,(H,26,33)(H,27,31)/t25-/m1/s1. The number of carbonyl (C=O) groups excluding carboxylic acids is 3. The zero-order chi connectivity index (χ0) is 23.8. The van der Waals surface area contributed by atoms with Crippen LogP contribution in [0.3, 0.4) is 0 Å². The van der Waals surface area contributed by atoms with E-state index in [0.29, 0.717) is 29.3 Å². The first kappa shape index (κ1) is 22.3. The summed E-state index contributed by atoms with van der Waals surface area (Å²) in [6, 6.07) is 16.5. The number of hydrogen-bond acceptors (Lipinski definition) is 4. The molecule has 1 aromatic heterocycles. The molecule has 0 unspecified atom stereocenters. The average Bonchev–Trinajstić information content (AvgIpc) is 3.14. The Hall–Kier alpha value is -3.94. The quantitative estimate of drug-likeness (QED) is 0.630. The Morgan fingerprint density at radius 3 is 2.36 bits per heavy atom. The molecule has 33 heavy (non-hydrogen) atoms. The Morgan fingerprint density at radius 2 is 1.73 bits per heavy atom. The molecule has 1 aliphatic heterocycles. The zero-order valence-electron chi connectivity index (χ0n) is 19.2. The Balaban J connectivity index is 1.67. The van der Waals surface area contributed by atoms with Crippen LogP contribution in [0.25, 0.3) is 0 Å². The fourth-order valence-corrected chi connectivity index (χ4v) is 4.09. The molecule has 2 N–H and O–H groups in total. The van der Waals surface area contributed by atoms with Crippen LogP contribution in [0.1, 0.15) is 41.2 Å². The van der Waals surface area contributed by atoms with E-state index in [-0.39, 0.29) is 24.3 Å². The van der Waals surface area contributed by atoms with E-state index in [2.05, 4.69) is 15.7 Å². The highest BCUT2D eigenvalue weighted by molar-refractivity contribution is 6.12. The molecule has 8 heteroatoms. The smallest absolute Gasteiger partial charge is 0.277 e. The van der Waals surface area contributed by atoms with Crippen molar-refractivity contribution in [2.45, 2.75) is 46.3 Å². The van der Waals surface area contributed by atoms with Crippen molar-refractivity contribution in [3.05, 3.63) is 77.1 Å². The van der Waals surface area contributed by atoms with Crippen LogP contribution >= 0.6 is 0 Å². The summed E-state index contributed by atoms with van der Waals surface area (Å²) in [5.74, 6) is -0.764. The van der Waals surface area contributed by atoms with Gasteiger partial charge in [0.25, 0.3) is 5.91 Å². The van der Waals surface area contributed by atoms with E-state index >= 15 is 0 Å². The minimum atomic E-state index is -1.21. The second kappa shape index (κ2) is 8.54. The summed E-state index contributed by atoms with van der Waals surface area (Å²) in [7, 11) is 0. The van der Waals surface area contributed by atoms with Crippen molar-refractivity contribution in [2.24, 2.45) is 0 Å². The van der Waals surface area contributed by atoms with Gasteiger partial charge in [-0.25, -0.2) is 0 Å². The predicted octanol–water partition coefficient (Wildman–Crippen LogP) is 3.19. The van der Waals surface area contributed by atoms with E-state index in [0.717, 1.165) is 11.1 Å². The monoisotopic (exact) mass is 445 g/mol. The van der Waals surface area contributed by atoms with Gasteiger partial charge < -0.3 is 10.6 Å². The number of carbonyl (C=O) groups is 3. The van der Waals surface area contributed by atoms with Crippen LogP contribution in [0, 0.1) is 13.8 Å². The number of aromatic nitrogens is 2. The van der Waals surface area contributed by atoms with Gasteiger partial charge in [-0.15, -0.1) is 0 Å². The van der Waals surface area contributed by atoms with E-state index in [9.17, 15) is 14.4 Å². The third-order valence-corrected chi connectivity index (χ3v) is 5.78. The predicted molar refractivity (Wildman–Crippen MR) is 126 cm³/mol. The second-order valence-electron chi connectivity index (χ2n) is 8.64. The zero-order valence-corrected chi connectivity index (χ0v) is 19.2. The van der Waals surface area contributed by atoms with Gasteiger partial charge in [-0.2, -0.15) is 5.10 Å². The number of anilines is 2. The molecule has 170 valence electrons. The van der Waals surface area contributed by atoms with E-state index in [4.69, 9.17) is 0 Å². The molecule has 4 rings (SSSR count). The maximum atomic E-state index is 13.5. The van der Waals surface area contributed by atoms with Gasteiger partial charge in [0.05, 0.1) is 12.2 Å². The van der Waals surface area contributed by atoms with Crippen molar-refractivity contribution in [3.8, 4) is 0 Å². The van der Waals surface area contributed by atoms with Gasteiger partial charge in [0.2, 0.25) is 11.8 Å². The van der Waals surface area contributed by atoms with E-state index < -0.39 is 5.54 Å². The number of nitrogens with zero attached hydrogens (tertiary/aromatic N) is 3. The summed E-state index contributed by atoms with van der Waals surface area (Å²) in [6.07, 6.45) is 0. The van der Waals surface area contributed by atoms with Gasteiger partial charge in [-0.3, -0.25) is 24.0 Å². The molecule has 2 heterocycles. The minimum Gasteiger partial charge on any atom is -0.350 e. The van der Waals surface area contributed by atoms with Crippen LogP contribution in [0.15, 0.2) is 54.6 Å². The molecule has 0 fully saturated rings. The first-order valence-electron chi connectivity index (χ1n) is 10.8. The highest BCUT2D eigenvalue weighted by atomic mass is 16.2. The van der Waals surface area contributed by atoms with E-state index in [1.807, 2.05) is 38.1 Å². The summed E-state index contributed by atoms with van der Waals surface area (Å²) in [5.41, 5.74) is 3.23. The largest absolute Gasteiger partial charge is 0.350 e. The SMILES string of the molecule is CC(=O)Nc1ccc(N2C(=O)c3cc(C)nn3C[C@]2(C)C(=O)NCc2ccc(C)cc2)cc1. The molecule has 3 amide bonds. The lowest BCUT2D eigenvalue weighted by Gasteiger charge is -2.43. The van der Waals surface area contributed by atoms with Crippen molar-refractivity contribution in [1.82, 2.24) is 15.1 Å². The van der Waals surface area contributed by atoms with Crippen molar-refractivity contribution in [2.75, 3.05) is 10.2 Å². The third kappa shape index (κ3) is 4.37. The third-order valence-electron chi connectivity index (χ3n) is 5.78. The Bertz CT molecular complexity index is 1210. The molecule has 0 bridgehead atoms. The van der Waals surface area contributed by atoms with Crippen LogP contribution in [0.5, 0.6) is 0 Å². The first-order valence-corrected chi connectivity index (χ1v) is 10.8. The van der Waals surface area contributed by atoms with Gasteiger partial charge >= 0.3 is 0 Å². The summed E-state index contributed by atoms with van der Waals surface area (Å²) < 4.78 is 1.60.